The van der Waals surface area contributed by atoms with Gasteiger partial charge in [0.1, 0.15) is 6.61 Å². The lowest BCUT2D eigenvalue weighted by Crippen LogP contribution is -2.37. The summed E-state index contributed by atoms with van der Waals surface area (Å²) in [4.78, 5) is 13.1. The van der Waals surface area contributed by atoms with E-state index in [0.717, 1.165) is 6.54 Å². The van der Waals surface area contributed by atoms with E-state index in [2.05, 4.69) is 5.32 Å². The summed E-state index contributed by atoms with van der Waals surface area (Å²) in [6.45, 7) is 3.71. The van der Waals surface area contributed by atoms with Gasteiger partial charge in [0.15, 0.2) is 11.6 Å². The molecule has 0 atom stereocenters. The van der Waals surface area contributed by atoms with Gasteiger partial charge >= 0.3 is 0 Å². The highest BCUT2D eigenvalue weighted by Crippen LogP contribution is 2.14. The molecule has 0 aliphatic rings. The second-order valence-electron chi connectivity index (χ2n) is 3.87. The number of hydrogen-bond donors (Lipinski definition) is 1. The molecule has 1 N–H and O–H groups in total. The van der Waals surface area contributed by atoms with E-state index in [0.29, 0.717) is 13.1 Å². The largest absolute Gasteiger partial charge is 0.489 e. The van der Waals surface area contributed by atoms with Crippen LogP contribution in [0.4, 0.5) is 4.39 Å². The molecule has 0 aromatic heterocycles. The number of para-hydroxylation sites is 1. The Kier molecular flexibility index (Phi) is 6.14. The number of carbonyl (C=O) groups excluding carboxylic acids is 1. The smallest absolute Gasteiger partial charge is 0.236 e. The van der Waals surface area contributed by atoms with Crippen LogP contribution in [0.2, 0.25) is 0 Å². The summed E-state index contributed by atoms with van der Waals surface area (Å²) in [7, 11) is 1.70. The monoisotopic (exact) mass is 254 g/mol. The molecule has 1 amide bonds. The van der Waals surface area contributed by atoms with Crippen molar-refractivity contribution in [3.8, 4) is 5.75 Å². The van der Waals surface area contributed by atoms with Crippen LogP contribution in [0.3, 0.4) is 0 Å². The SMILES string of the molecule is CCNCC(=O)N(C)CCOc1ccccc1F. The second kappa shape index (κ2) is 7.66. The number of amides is 1. The van der Waals surface area contributed by atoms with Crippen molar-refractivity contribution in [3.63, 3.8) is 0 Å². The van der Waals surface area contributed by atoms with Crippen molar-refractivity contribution in [3.05, 3.63) is 30.1 Å². The Morgan fingerprint density at radius 1 is 1.44 bits per heavy atom. The number of carbonyl (C=O) groups is 1. The fraction of sp³-hybridized carbons (Fsp3) is 0.462. The molecule has 0 spiro atoms. The molecule has 18 heavy (non-hydrogen) atoms. The van der Waals surface area contributed by atoms with E-state index in [1.165, 1.54) is 6.07 Å². The first-order valence-corrected chi connectivity index (χ1v) is 5.97. The maximum absolute atomic E-state index is 13.2. The summed E-state index contributed by atoms with van der Waals surface area (Å²) >= 11 is 0. The standard InChI is InChI=1S/C13H19FN2O2/c1-3-15-10-13(17)16(2)8-9-18-12-7-5-4-6-11(12)14/h4-7,15H,3,8-10H2,1-2H3. The van der Waals surface area contributed by atoms with Gasteiger partial charge in [0.2, 0.25) is 5.91 Å². The molecule has 5 heteroatoms. The predicted molar refractivity (Wildman–Crippen MR) is 68.1 cm³/mol. The minimum Gasteiger partial charge on any atom is -0.489 e. The quantitative estimate of drug-likeness (QED) is 0.797. The Morgan fingerprint density at radius 3 is 2.83 bits per heavy atom. The number of rotatable bonds is 7. The van der Waals surface area contributed by atoms with Gasteiger partial charge in [-0.1, -0.05) is 19.1 Å². The average Bonchev–Trinajstić information content (AvgIpc) is 2.38. The molecular formula is C13H19FN2O2. The Morgan fingerprint density at radius 2 is 2.17 bits per heavy atom. The van der Waals surface area contributed by atoms with Crippen LogP contribution in [0.15, 0.2) is 24.3 Å². The number of hydrogen-bond acceptors (Lipinski definition) is 3. The molecule has 0 fully saturated rings. The molecule has 0 saturated heterocycles. The van der Waals surface area contributed by atoms with Gasteiger partial charge in [-0.2, -0.15) is 0 Å². The molecule has 0 aliphatic heterocycles. The molecule has 1 aromatic rings. The molecule has 1 aromatic carbocycles. The van der Waals surface area contributed by atoms with Crippen molar-refractivity contribution in [2.24, 2.45) is 0 Å². The van der Waals surface area contributed by atoms with Crippen molar-refractivity contribution in [2.45, 2.75) is 6.92 Å². The van der Waals surface area contributed by atoms with Crippen LogP contribution in [-0.4, -0.2) is 44.1 Å². The maximum Gasteiger partial charge on any atom is 0.236 e. The topological polar surface area (TPSA) is 41.6 Å². The van der Waals surface area contributed by atoms with Crippen LogP contribution in [0.1, 0.15) is 6.92 Å². The Labute approximate surface area is 107 Å². The number of ether oxygens (including phenoxy) is 1. The number of likely N-dealkylation sites (N-methyl/N-ethyl adjacent to an activating group) is 2. The third-order valence-electron chi connectivity index (χ3n) is 2.47. The highest BCUT2D eigenvalue weighted by Gasteiger charge is 2.08. The van der Waals surface area contributed by atoms with E-state index >= 15 is 0 Å². The van der Waals surface area contributed by atoms with Gasteiger partial charge in [0.05, 0.1) is 13.1 Å². The van der Waals surface area contributed by atoms with E-state index in [4.69, 9.17) is 4.74 Å². The van der Waals surface area contributed by atoms with Gasteiger partial charge < -0.3 is 15.0 Å². The van der Waals surface area contributed by atoms with Gasteiger partial charge in [-0.25, -0.2) is 4.39 Å². The van der Waals surface area contributed by atoms with E-state index < -0.39 is 0 Å². The maximum atomic E-state index is 13.2. The minimum absolute atomic E-state index is 0.00557. The molecular weight excluding hydrogens is 235 g/mol. The van der Waals surface area contributed by atoms with Crippen molar-refractivity contribution < 1.29 is 13.9 Å². The summed E-state index contributed by atoms with van der Waals surface area (Å²) in [6.07, 6.45) is 0. The van der Waals surface area contributed by atoms with E-state index in [1.54, 1.807) is 30.1 Å². The number of halogens is 1. The fourth-order valence-electron chi connectivity index (χ4n) is 1.35. The fourth-order valence-corrected chi connectivity index (χ4v) is 1.35. The molecule has 0 saturated carbocycles. The van der Waals surface area contributed by atoms with E-state index in [9.17, 15) is 9.18 Å². The molecule has 1 rings (SSSR count). The van der Waals surface area contributed by atoms with Gasteiger partial charge in [0, 0.05) is 7.05 Å². The molecule has 0 unspecified atom stereocenters. The summed E-state index contributed by atoms with van der Waals surface area (Å²) < 4.78 is 18.5. The lowest BCUT2D eigenvalue weighted by molar-refractivity contribution is -0.129. The summed E-state index contributed by atoms with van der Waals surface area (Å²) in [5.41, 5.74) is 0. The molecule has 4 nitrogen and oxygen atoms in total. The minimum atomic E-state index is -0.390. The molecule has 100 valence electrons. The average molecular weight is 254 g/mol. The van der Waals surface area contributed by atoms with Crippen LogP contribution < -0.4 is 10.1 Å². The first kappa shape index (κ1) is 14.4. The van der Waals surface area contributed by atoms with E-state index in [1.807, 2.05) is 6.92 Å². The summed E-state index contributed by atoms with van der Waals surface area (Å²) in [5, 5.41) is 2.95. The normalized spacial score (nSPS) is 10.2. The van der Waals surface area contributed by atoms with Crippen LogP contribution in [-0.2, 0) is 4.79 Å². The zero-order valence-electron chi connectivity index (χ0n) is 10.8. The Hall–Kier alpha value is -1.62. The lowest BCUT2D eigenvalue weighted by atomic mass is 10.3. The van der Waals surface area contributed by atoms with Gasteiger partial charge in [-0.3, -0.25) is 4.79 Å². The lowest BCUT2D eigenvalue weighted by Gasteiger charge is -2.17. The number of nitrogens with zero attached hydrogens (tertiary/aromatic N) is 1. The first-order chi connectivity index (χ1) is 8.65. The van der Waals surface area contributed by atoms with Gasteiger partial charge in [0.25, 0.3) is 0 Å². The van der Waals surface area contributed by atoms with Crippen LogP contribution in [0, 0.1) is 5.82 Å². The van der Waals surface area contributed by atoms with Gasteiger partial charge in [-0.05, 0) is 18.7 Å². The summed E-state index contributed by atoms with van der Waals surface area (Å²) in [5.74, 6) is -0.182. The third kappa shape index (κ3) is 4.71. The highest BCUT2D eigenvalue weighted by molar-refractivity contribution is 5.77. The second-order valence-corrected chi connectivity index (χ2v) is 3.87. The van der Waals surface area contributed by atoms with Crippen LogP contribution in [0.25, 0.3) is 0 Å². The van der Waals surface area contributed by atoms with Crippen LogP contribution in [0.5, 0.6) is 5.75 Å². The molecule has 0 aliphatic carbocycles. The molecule has 0 radical (unpaired) electrons. The zero-order valence-corrected chi connectivity index (χ0v) is 10.8. The first-order valence-electron chi connectivity index (χ1n) is 5.97. The molecule has 0 heterocycles. The predicted octanol–water partition coefficient (Wildman–Crippen LogP) is 1.27. The Bertz CT molecular complexity index is 385. The number of nitrogens with one attached hydrogen (secondary N) is 1. The van der Waals surface area contributed by atoms with Crippen molar-refractivity contribution in [1.29, 1.82) is 0 Å². The third-order valence-corrected chi connectivity index (χ3v) is 2.47. The van der Waals surface area contributed by atoms with Crippen molar-refractivity contribution >= 4 is 5.91 Å². The Balaban J connectivity index is 2.29. The molecule has 0 bridgehead atoms. The zero-order chi connectivity index (χ0) is 13.4. The van der Waals surface area contributed by atoms with Crippen molar-refractivity contribution in [2.75, 3.05) is 33.3 Å². The van der Waals surface area contributed by atoms with E-state index in [-0.39, 0.29) is 24.1 Å². The van der Waals surface area contributed by atoms with Crippen LogP contribution >= 0.6 is 0 Å². The number of benzene rings is 1. The van der Waals surface area contributed by atoms with Gasteiger partial charge in [-0.15, -0.1) is 0 Å². The highest BCUT2D eigenvalue weighted by atomic mass is 19.1. The van der Waals surface area contributed by atoms with Crippen molar-refractivity contribution in [1.82, 2.24) is 10.2 Å². The summed E-state index contributed by atoms with van der Waals surface area (Å²) in [6, 6.07) is 6.22.